The third kappa shape index (κ3) is 5.05. The van der Waals surface area contributed by atoms with Gasteiger partial charge in [0, 0.05) is 16.6 Å². The quantitative estimate of drug-likeness (QED) is 0.423. The van der Waals surface area contributed by atoms with Gasteiger partial charge in [-0.15, -0.1) is 0 Å². The van der Waals surface area contributed by atoms with Gasteiger partial charge in [-0.25, -0.2) is 4.79 Å². The minimum absolute atomic E-state index is 0.131. The number of barbiturate groups is 1. The molecule has 0 bridgehead atoms. The van der Waals surface area contributed by atoms with Gasteiger partial charge in [0.1, 0.15) is 12.2 Å². The van der Waals surface area contributed by atoms with E-state index in [0.29, 0.717) is 22.1 Å². The van der Waals surface area contributed by atoms with E-state index in [4.69, 9.17) is 32.7 Å². The molecule has 1 aliphatic heterocycles. The molecule has 2 aromatic carbocycles. The summed E-state index contributed by atoms with van der Waals surface area (Å²) in [6.07, 6.45) is 5.83. The molecule has 178 valence electrons. The number of hydrogen-bond acceptors (Lipinski definition) is 5. The molecule has 1 saturated carbocycles. The molecule has 1 aliphatic carbocycles. The van der Waals surface area contributed by atoms with E-state index in [-0.39, 0.29) is 23.2 Å². The Balaban J connectivity index is 1.60. The van der Waals surface area contributed by atoms with E-state index in [1.807, 2.05) is 18.2 Å². The zero-order valence-electron chi connectivity index (χ0n) is 18.6. The molecule has 7 nitrogen and oxygen atoms in total. The SMILES string of the molecule is COc1cc(C=C2C(=O)NC(=O)N(C3CCCCC3)C2=O)cc(Cl)c1OCc1ccccc1Cl. The summed E-state index contributed by atoms with van der Waals surface area (Å²) in [6.45, 7) is 0.176. The zero-order valence-corrected chi connectivity index (χ0v) is 20.1. The summed E-state index contributed by atoms with van der Waals surface area (Å²) in [4.78, 5) is 39.2. The van der Waals surface area contributed by atoms with E-state index < -0.39 is 17.8 Å². The standard InChI is InChI=1S/C25H24Cl2N2O5/c1-33-21-13-15(12-20(27)22(21)34-14-16-7-5-6-10-19(16)26)11-18-23(30)28-25(32)29(24(18)31)17-8-3-2-4-9-17/h5-7,10-13,17H,2-4,8-9,14H2,1H3,(H,28,30,32). The Hall–Kier alpha value is -3.03. The fourth-order valence-electron chi connectivity index (χ4n) is 4.24. The number of methoxy groups -OCH3 is 1. The average molecular weight is 503 g/mol. The van der Waals surface area contributed by atoms with Crippen LogP contribution in [0.5, 0.6) is 11.5 Å². The Morgan fingerprint density at radius 1 is 1.06 bits per heavy atom. The molecule has 9 heteroatoms. The number of nitrogens with one attached hydrogen (secondary N) is 1. The van der Waals surface area contributed by atoms with Crippen molar-refractivity contribution >= 4 is 47.1 Å². The van der Waals surface area contributed by atoms with Gasteiger partial charge in [-0.2, -0.15) is 0 Å². The smallest absolute Gasteiger partial charge is 0.331 e. The highest BCUT2D eigenvalue weighted by molar-refractivity contribution is 6.33. The van der Waals surface area contributed by atoms with Crippen LogP contribution in [0.4, 0.5) is 4.79 Å². The normalized spacial score (nSPS) is 18.3. The molecular formula is C25H24Cl2N2O5. The largest absolute Gasteiger partial charge is 0.493 e. The second-order valence-corrected chi connectivity index (χ2v) is 9.01. The number of rotatable bonds is 6. The Morgan fingerprint density at radius 2 is 1.79 bits per heavy atom. The lowest BCUT2D eigenvalue weighted by Gasteiger charge is -2.35. The highest BCUT2D eigenvalue weighted by Crippen LogP contribution is 2.38. The lowest BCUT2D eigenvalue weighted by Crippen LogP contribution is -2.58. The van der Waals surface area contributed by atoms with E-state index in [2.05, 4.69) is 5.32 Å². The van der Waals surface area contributed by atoms with Crippen LogP contribution in [0.15, 0.2) is 42.0 Å². The van der Waals surface area contributed by atoms with Gasteiger partial charge in [0.25, 0.3) is 11.8 Å². The molecule has 0 aromatic heterocycles. The van der Waals surface area contributed by atoms with Gasteiger partial charge in [-0.1, -0.05) is 60.7 Å². The molecular weight excluding hydrogens is 479 g/mol. The van der Waals surface area contributed by atoms with Crippen molar-refractivity contribution in [2.45, 2.75) is 44.8 Å². The van der Waals surface area contributed by atoms with Crippen LogP contribution in [0.1, 0.15) is 43.2 Å². The number of ether oxygens (including phenoxy) is 2. The van der Waals surface area contributed by atoms with Gasteiger partial charge < -0.3 is 9.47 Å². The van der Waals surface area contributed by atoms with Gasteiger partial charge in [0.05, 0.1) is 12.1 Å². The van der Waals surface area contributed by atoms with Crippen LogP contribution in [0, 0.1) is 0 Å². The topological polar surface area (TPSA) is 84.9 Å². The first-order valence-corrected chi connectivity index (χ1v) is 11.8. The summed E-state index contributed by atoms with van der Waals surface area (Å²) >= 11 is 12.7. The summed E-state index contributed by atoms with van der Waals surface area (Å²) in [7, 11) is 1.47. The fraction of sp³-hybridized carbons (Fsp3) is 0.320. The Morgan fingerprint density at radius 3 is 2.50 bits per heavy atom. The van der Waals surface area contributed by atoms with Crippen molar-refractivity contribution in [2.24, 2.45) is 0 Å². The van der Waals surface area contributed by atoms with Crippen molar-refractivity contribution in [1.29, 1.82) is 0 Å². The van der Waals surface area contributed by atoms with Crippen molar-refractivity contribution in [3.05, 3.63) is 63.1 Å². The molecule has 2 fully saturated rings. The molecule has 1 N–H and O–H groups in total. The first-order chi connectivity index (χ1) is 16.4. The lowest BCUT2D eigenvalue weighted by atomic mass is 9.93. The van der Waals surface area contributed by atoms with Crippen LogP contribution in [0.25, 0.3) is 6.08 Å². The number of benzene rings is 2. The number of halogens is 2. The van der Waals surface area contributed by atoms with Gasteiger partial charge in [-0.3, -0.25) is 19.8 Å². The fourth-order valence-corrected chi connectivity index (χ4v) is 4.70. The average Bonchev–Trinajstić information content (AvgIpc) is 2.82. The Bertz CT molecular complexity index is 1160. The van der Waals surface area contributed by atoms with E-state index in [1.165, 1.54) is 18.1 Å². The van der Waals surface area contributed by atoms with Crippen molar-refractivity contribution in [2.75, 3.05) is 7.11 Å². The molecule has 34 heavy (non-hydrogen) atoms. The van der Waals surface area contributed by atoms with E-state index in [0.717, 1.165) is 37.7 Å². The Labute approximate surface area is 207 Å². The summed E-state index contributed by atoms with van der Waals surface area (Å²) in [5.41, 5.74) is 1.11. The third-order valence-corrected chi connectivity index (χ3v) is 6.62. The number of amides is 4. The summed E-state index contributed by atoms with van der Waals surface area (Å²) in [5.74, 6) is -0.703. The molecule has 0 atom stereocenters. The molecule has 4 rings (SSSR count). The third-order valence-electron chi connectivity index (χ3n) is 5.97. The maximum atomic E-state index is 13.1. The molecule has 1 saturated heterocycles. The van der Waals surface area contributed by atoms with E-state index in [9.17, 15) is 14.4 Å². The number of imide groups is 2. The van der Waals surface area contributed by atoms with Crippen LogP contribution in [-0.4, -0.2) is 35.9 Å². The van der Waals surface area contributed by atoms with Crippen LogP contribution < -0.4 is 14.8 Å². The maximum absolute atomic E-state index is 13.1. The second kappa shape index (κ2) is 10.5. The zero-order chi connectivity index (χ0) is 24.2. The number of carbonyl (C=O) groups is 3. The van der Waals surface area contributed by atoms with Gasteiger partial charge in [0.2, 0.25) is 0 Å². The predicted octanol–water partition coefficient (Wildman–Crippen LogP) is 5.38. The molecule has 1 heterocycles. The van der Waals surface area contributed by atoms with Gasteiger partial charge >= 0.3 is 6.03 Å². The minimum Gasteiger partial charge on any atom is -0.493 e. The monoisotopic (exact) mass is 502 g/mol. The second-order valence-electron chi connectivity index (χ2n) is 8.20. The number of urea groups is 1. The molecule has 0 radical (unpaired) electrons. The van der Waals surface area contributed by atoms with Crippen molar-refractivity contribution in [3.8, 4) is 11.5 Å². The summed E-state index contributed by atoms with van der Waals surface area (Å²) in [5, 5.41) is 3.09. The predicted molar refractivity (Wildman–Crippen MR) is 129 cm³/mol. The van der Waals surface area contributed by atoms with Crippen molar-refractivity contribution in [1.82, 2.24) is 10.2 Å². The highest BCUT2D eigenvalue weighted by atomic mass is 35.5. The van der Waals surface area contributed by atoms with Crippen LogP contribution in [0.3, 0.4) is 0 Å². The maximum Gasteiger partial charge on any atom is 0.331 e. The molecule has 2 aliphatic rings. The Kier molecular flexibility index (Phi) is 7.44. The molecule has 0 unspecified atom stereocenters. The summed E-state index contributed by atoms with van der Waals surface area (Å²) < 4.78 is 11.3. The van der Waals surface area contributed by atoms with E-state index >= 15 is 0 Å². The number of nitrogens with zero attached hydrogens (tertiary/aromatic N) is 1. The van der Waals surface area contributed by atoms with Crippen LogP contribution in [0.2, 0.25) is 10.0 Å². The van der Waals surface area contributed by atoms with E-state index in [1.54, 1.807) is 18.2 Å². The van der Waals surface area contributed by atoms with Crippen molar-refractivity contribution < 1.29 is 23.9 Å². The van der Waals surface area contributed by atoms with Gasteiger partial charge in [-0.05, 0) is 42.7 Å². The first-order valence-electron chi connectivity index (χ1n) is 11.0. The molecule has 4 amide bonds. The number of hydrogen-bond donors (Lipinski definition) is 1. The summed E-state index contributed by atoms with van der Waals surface area (Å²) in [6, 6.07) is 9.59. The lowest BCUT2D eigenvalue weighted by molar-refractivity contribution is -0.132. The van der Waals surface area contributed by atoms with Gasteiger partial charge in [0.15, 0.2) is 11.5 Å². The number of carbonyl (C=O) groups excluding carboxylic acids is 3. The molecule has 0 spiro atoms. The minimum atomic E-state index is -0.740. The first kappa shape index (κ1) is 24.1. The van der Waals surface area contributed by atoms with Crippen LogP contribution in [-0.2, 0) is 16.2 Å². The highest BCUT2D eigenvalue weighted by Gasteiger charge is 2.40. The van der Waals surface area contributed by atoms with Crippen LogP contribution >= 0.6 is 23.2 Å². The van der Waals surface area contributed by atoms with Crippen molar-refractivity contribution in [3.63, 3.8) is 0 Å². The molecule has 2 aromatic rings.